The zero-order valence-corrected chi connectivity index (χ0v) is 17.3. The number of benzene rings is 2. The van der Waals surface area contributed by atoms with Gasteiger partial charge in [0.2, 0.25) is 17.8 Å². The minimum Gasteiger partial charge on any atom is -0.378 e. The van der Waals surface area contributed by atoms with Gasteiger partial charge in [-0.3, -0.25) is 9.89 Å². The average molecular weight is 430 g/mol. The first-order valence-corrected chi connectivity index (χ1v) is 10.3. The predicted molar refractivity (Wildman–Crippen MR) is 121 cm³/mol. The summed E-state index contributed by atoms with van der Waals surface area (Å²) in [5.74, 6) is 1.07. The van der Waals surface area contributed by atoms with Crippen molar-refractivity contribution in [2.45, 2.75) is 6.42 Å². The van der Waals surface area contributed by atoms with Crippen molar-refractivity contribution >= 4 is 34.4 Å². The number of para-hydroxylation sites is 1. The van der Waals surface area contributed by atoms with Crippen LogP contribution < -0.4 is 16.0 Å². The van der Waals surface area contributed by atoms with E-state index >= 15 is 0 Å². The highest BCUT2D eigenvalue weighted by Gasteiger charge is 2.19. The van der Waals surface area contributed by atoms with E-state index in [0.29, 0.717) is 44.0 Å². The van der Waals surface area contributed by atoms with E-state index in [9.17, 15) is 4.79 Å². The number of carbonyl (C=O) groups excluding carboxylic acids is 1. The molecule has 32 heavy (non-hydrogen) atoms. The Balaban J connectivity index is 1.59. The maximum Gasteiger partial charge on any atom is 0.232 e. The lowest BCUT2D eigenvalue weighted by Gasteiger charge is -2.27. The zero-order valence-electron chi connectivity index (χ0n) is 17.3. The van der Waals surface area contributed by atoms with E-state index < -0.39 is 5.91 Å². The Bertz CT molecular complexity index is 1270. The summed E-state index contributed by atoms with van der Waals surface area (Å²) in [5, 5.41) is 11.3. The summed E-state index contributed by atoms with van der Waals surface area (Å²) >= 11 is 0. The SMILES string of the molecule is NC(=O)Cc1ccccc1Nc1nc(-c2cccc3[nH]ncc23)nc(N2CCOCC2)n1. The van der Waals surface area contributed by atoms with Crippen molar-refractivity contribution in [3.8, 4) is 11.4 Å². The second-order valence-corrected chi connectivity index (χ2v) is 7.44. The van der Waals surface area contributed by atoms with Crippen LogP contribution in [0.3, 0.4) is 0 Å². The molecule has 1 amide bonds. The Labute approximate surface area is 183 Å². The number of H-pyrrole nitrogens is 1. The largest absolute Gasteiger partial charge is 0.378 e. The molecule has 162 valence electrons. The third kappa shape index (κ3) is 4.08. The zero-order chi connectivity index (χ0) is 21.9. The van der Waals surface area contributed by atoms with Crippen molar-refractivity contribution in [2.24, 2.45) is 5.73 Å². The molecule has 1 fully saturated rings. The molecule has 0 aliphatic carbocycles. The summed E-state index contributed by atoms with van der Waals surface area (Å²) in [6, 6.07) is 13.3. The van der Waals surface area contributed by atoms with Crippen molar-refractivity contribution in [3.05, 3.63) is 54.2 Å². The number of hydrogen-bond donors (Lipinski definition) is 3. The number of rotatable bonds is 6. The van der Waals surface area contributed by atoms with Crippen LogP contribution in [-0.4, -0.2) is 57.4 Å². The molecule has 1 aliphatic rings. The monoisotopic (exact) mass is 430 g/mol. The molecule has 1 aliphatic heterocycles. The first-order chi connectivity index (χ1) is 15.7. The van der Waals surface area contributed by atoms with Crippen molar-refractivity contribution in [1.82, 2.24) is 25.1 Å². The van der Waals surface area contributed by atoms with Crippen LogP contribution in [0.15, 0.2) is 48.7 Å². The Kier molecular flexibility index (Phi) is 5.34. The van der Waals surface area contributed by atoms with Crippen LogP contribution in [0.25, 0.3) is 22.3 Å². The van der Waals surface area contributed by atoms with E-state index in [1.165, 1.54) is 0 Å². The standard InChI is InChI=1S/C22H22N8O2/c23-19(31)12-14-4-1-2-6-17(14)25-21-26-20(15-5-3-7-18-16(15)13-24-29-18)27-22(28-21)30-8-10-32-11-9-30/h1-7,13H,8-12H2,(H2,23,31)(H,24,29)(H,25,26,27,28). The molecule has 0 spiro atoms. The molecule has 0 atom stereocenters. The number of nitrogens with one attached hydrogen (secondary N) is 2. The average Bonchev–Trinajstić information content (AvgIpc) is 3.29. The van der Waals surface area contributed by atoms with Gasteiger partial charge in [-0.25, -0.2) is 0 Å². The summed E-state index contributed by atoms with van der Waals surface area (Å²) in [6.07, 6.45) is 1.88. The van der Waals surface area contributed by atoms with Crippen LogP contribution in [0, 0.1) is 0 Å². The Hall–Kier alpha value is -4.05. The number of morpholine rings is 1. The third-order valence-corrected chi connectivity index (χ3v) is 5.27. The highest BCUT2D eigenvalue weighted by molar-refractivity contribution is 5.92. The lowest BCUT2D eigenvalue weighted by molar-refractivity contribution is -0.117. The van der Waals surface area contributed by atoms with Crippen LogP contribution in [0.4, 0.5) is 17.6 Å². The van der Waals surface area contributed by atoms with Gasteiger partial charge in [-0.2, -0.15) is 20.1 Å². The van der Waals surface area contributed by atoms with E-state index in [4.69, 9.17) is 20.4 Å². The van der Waals surface area contributed by atoms with Crippen molar-refractivity contribution in [2.75, 3.05) is 36.5 Å². The Morgan fingerprint density at radius 1 is 1.09 bits per heavy atom. The Morgan fingerprint density at radius 2 is 1.94 bits per heavy atom. The first kappa shape index (κ1) is 19.9. The van der Waals surface area contributed by atoms with Gasteiger partial charge in [0.25, 0.3) is 0 Å². The smallest absolute Gasteiger partial charge is 0.232 e. The van der Waals surface area contributed by atoms with Crippen LogP contribution in [0.2, 0.25) is 0 Å². The van der Waals surface area contributed by atoms with Crippen LogP contribution in [0.5, 0.6) is 0 Å². The fraction of sp³-hybridized carbons (Fsp3) is 0.227. The molecule has 5 rings (SSSR count). The highest BCUT2D eigenvalue weighted by Crippen LogP contribution is 2.28. The molecule has 10 nitrogen and oxygen atoms in total. The Morgan fingerprint density at radius 3 is 2.78 bits per heavy atom. The second kappa shape index (κ2) is 8.60. The second-order valence-electron chi connectivity index (χ2n) is 7.44. The fourth-order valence-corrected chi connectivity index (χ4v) is 3.71. The van der Waals surface area contributed by atoms with Gasteiger partial charge in [0.15, 0.2) is 5.82 Å². The maximum atomic E-state index is 11.5. The van der Waals surface area contributed by atoms with Crippen molar-refractivity contribution in [3.63, 3.8) is 0 Å². The van der Waals surface area contributed by atoms with Crippen LogP contribution in [-0.2, 0) is 16.0 Å². The van der Waals surface area contributed by atoms with E-state index in [1.807, 2.05) is 42.5 Å². The van der Waals surface area contributed by atoms with Gasteiger partial charge >= 0.3 is 0 Å². The van der Waals surface area contributed by atoms with Gasteiger partial charge in [0.05, 0.1) is 31.3 Å². The van der Waals surface area contributed by atoms with E-state index in [0.717, 1.165) is 27.7 Å². The number of nitrogens with two attached hydrogens (primary N) is 1. The van der Waals surface area contributed by atoms with Gasteiger partial charge in [0.1, 0.15) is 0 Å². The van der Waals surface area contributed by atoms with E-state index in [2.05, 4.69) is 25.4 Å². The van der Waals surface area contributed by atoms with Gasteiger partial charge < -0.3 is 20.7 Å². The predicted octanol–water partition coefficient (Wildman–Crippen LogP) is 2.02. The number of amides is 1. The van der Waals surface area contributed by atoms with Crippen molar-refractivity contribution in [1.29, 1.82) is 0 Å². The lowest BCUT2D eigenvalue weighted by atomic mass is 10.1. The molecule has 3 heterocycles. The molecule has 0 radical (unpaired) electrons. The summed E-state index contributed by atoms with van der Waals surface area (Å²) in [5.41, 5.74) is 8.66. The number of hydrogen-bond acceptors (Lipinski definition) is 8. The van der Waals surface area contributed by atoms with Gasteiger partial charge in [-0.05, 0) is 17.7 Å². The molecule has 0 unspecified atom stereocenters. The molecule has 2 aromatic carbocycles. The summed E-state index contributed by atoms with van der Waals surface area (Å²) in [7, 11) is 0. The molecule has 0 bridgehead atoms. The quantitative estimate of drug-likeness (QED) is 0.423. The number of anilines is 3. The maximum absolute atomic E-state index is 11.5. The van der Waals surface area contributed by atoms with E-state index in [1.54, 1.807) is 6.20 Å². The van der Waals surface area contributed by atoms with Gasteiger partial charge in [0, 0.05) is 29.7 Å². The molecular weight excluding hydrogens is 408 g/mol. The van der Waals surface area contributed by atoms with E-state index in [-0.39, 0.29) is 6.42 Å². The highest BCUT2D eigenvalue weighted by atomic mass is 16.5. The number of fused-ring (bicyclic) bond motifs is 1. The minimum absolute atomic E-state index is 0.117. The molecule has 4 aromatic rings. The third-order valence-electron chi connectivity index (χ3n) is 5.27. The molecular formula is C22H22N8O2. The lowest BCUT2D eigenvalue weighted by Crippen LogP contribution is -2.37. The molecule has 4 N–H and O–H groups in total. The summed E-state index contributed by atoms with van der Waals surface area (Å²) < 4.78 is 5.48. The molecule has 10 heteroatoms. The number of carbonyl (C=O) groups is 1. The van der Waals surface area contributed by atoms with Crippen LogP contribution in [0.1, 0.15) is 5.56 Å². The van der Waals surface area contributed by atoms with Crippen molar-refractivity contribution < 1.29 is 9.53 Å². The topological polar surface area (TPSA) is 135 Å². The normalized spacial score (nSPS) is 13.9. The number of aromatic amines is 1. The molecule has 0 saturated carbocycles. The minimum atomic E-state index is -0.406. The number of ether oxygens (including phenoxy) is 1. The number of aromatic nitrogens is 5. The fourth-order valence-electron chi connectivity index (χ4n) is 3.71. The number of nitrogens with zero attached hydrogens (tertiary/aromatic N) is 5. The summed E-state index contributed by atoms with van der Waals surface area (Å²) in [6.45, 7) is 2.61. The molecule has 2 aromatic heterocycles. The van der Waals surface area contributed by atoms with Gasteiger partial charge in [-0.15, -0.1) is 0 Å². The number of primary amides is 1. The summed E-state index contributed by atoms with van der Waals surface area (Å²) in [4.78, 5) is 27.7. The molecule has 1 saturated heterocycles. The van der Waals surface area contributed by atoms with Gasteiger partial charge in [-0.1, -0.05) is 30.3 Å². The van der Waals surface area contributed by atoms with Crippen LogP contribution >= 0.6 is 0 Å². The first-order valence-electron chi connectivity index (χ1n) is 10.3.